The fourth-order valence-electron chi connectivity index (χ4n) is 1.44. The van der Waals surface area contributed by atoms with Gasteiger partial charge in [-0.2, -0.15) is 0 Å². The van der Waals surface area contributed by atoms with Crippen LogP contribution in [0.15, 0.2) is 24.3 Å². The molecular weight excluding hydrogens is 240 g/mol. The van der Waals surface area contributed by atoms with Crippen molar-refractivity contribution < 1.29 is 29.6 Å². The third kappa shape index (κ3) is 3.54. The maximum absolute atomic E-state index is 10.9. The van der Waals surface area contributed by atoms with Gasteiger partial charge in [0.15, 0.2) is 0 Å². The second-order valence-corrected chi connectivity index (χ2v) is 3.72. The first kappa shape index (κ1) is 14.1. The summed E-state index contributed by atoms with van der Waals surface area (Å²) in [5.41, 5.74) is 0.225. The van der Waals surface area contributed by atoms with Crippen molar-refractivity contribution in [3.8, 4) is 0 Å². The lowest BCUT2D eigenvalue weighted by Crippen LogP contribution is -2.22. The highest BCUT2D eigenvalue weighted by Gasteiger charge is 2.22. The van der Waals surface area contributed by atoms with Gasteiger partial charge in [0.05, 0.1) is 25.2 Å². The van der Waals surface area contributed by atoms with Crippen LogP contribution in [-0.2, 0) is 9.53 Å². The van der Waals surface area contributed by atoms with Crippen molar-refractivity contribution in [2.24, 2.45) is 0 Å². The van der Waals surface area contributed by atoms with Crippen LogP contribution in [0.3, 0.4) is 0 Å². The van der Waals surface area contributed by atoms with E-state index in [1.54, 1.807) is 0 Å². The minimum Gasteiger partial charge on any atom is -0.478 e. The molecule has 0 aliphatic rings. The van der Waals surface area contributed by atoms with Crippen molar-refractivity contribution in [1.29, 1.82) is 0 Å². The molecule has 0 fully saturated rings. The maximum Gasteiger partial charge on any atom is 0.335 e. The summed E-state index contributed by atoms with van der Waals surface area (Å²) in [6.45, 7) is 0. The molecule has 98 valence electrons. The van der Waals surface area contributed by atoms with E-state index in [9.17, 15) is 19.8 Å². The molecule has 1 aromatic rings. The van der Waals surface area contributed by atoms with Crippen LogP contribution in [0.1, 0.15) is 28.4 Å². The lowest BCUT2D eigenvalue weighted by molar-refractivity contribution is -0.144. The Morgan fingerprint density at radius 3 is 2.56 bits per heavy atom. The Labute approximate surface area is 103 Å². The van der Waals surface area contributed by atoms with E-state index in [4.69, 9.17) is 5.11 Å². The molecule has 2 unspecified atom stereocenters. The van der Waals surface area contributed by atoms with E-state index in [1.807, 2.05) is 0 Å². The molecule has 18 heavy (non-hydrogen) atoms. The van der Waals surface area contributed by atoms with Crippen LogP contribution in [0, 0.1) is 0 Å². The van der Waals surface area contributed by atoms with Gasteiger partial charge in [-0.15, -0.1) is 0 Å². The molecule has 0 heterocycles. The van der Waals surface area contributed by atoms with Crippen molar-refractivity contribution >= 4 is 11.9 Å². The summed E-state index contributed by atoms with van der Waals surface area (Å²) in [6.07, 6.45) is -3.06. The smallest absolute Gasteiger partial charge is 0.335 e. The van der Waals surface area contributed by atoms with Gasteiger partial charge in [-0.05, 0) is 17.7 Å². The lowest BCUT2D eigenvalue weighted by Gasteiger charge is -2.17. The summed E-state index contributed by atoms with van der Waals surface area (Å²) >= 11 is 0. The standard InChI is InChI=1S/C12H14O6/c1-18-10(14)6-9(13)11(15)7-3-2-4-8(5-7)12(16)17/h2-5,9,11,13,15H,6H2,1H3,(H,16,17). The van der Waals surface area contributed by atoms with Crippen LogP contribution in [0.2, 0.25) is 0 Å². The van der Waals surface area contributed by atoms with Crippen LogP contribution < -0.4 is 0 Å². The number of hydrogen-bond acceptors (Lipinski definition) is 5. The summed E-state index contributed by atoms with van der Waals surface area (Å²) in [7, 11) is 1.17. The molecule has 0 saturated heterocycles. The molecule has 2 atom stereocenters. The third-order valence-corrected chi connectivity index (χ3v) is 2.44. The number of esters is 1. The molecule has 1 rings (SSSR count). The maximum atomic E-state index is 10.9. The Hall–Kier alpha value is -1.92. The number of aliphatic hydroxyl groups excluding tert-OH is 2. The van der Waals surface area contributed by atoms with Crippen molar-refractivity contribution in [3.05, 3.63) is 35.4 Å². The molecule has 6 nitrogen and oxygen atoms in total. The number of carboxylic acids is 1. The molecule has 0 aromatic heterocycles. The molecule has 6 heteroatoms. The minimum absolute atomic E-state index is 0.00295. The van der Waals surface area contributed by atoms with Crippen molar-refractivity contribution in [3.63, 3.8) is 0 Å². The Morgan fingerprint density at radius 1 is 1.33 bits per heavy atom. The number of carboxylic acid groups (broad SMARTS) is 1. The van der Waals surface area contributed by atoms with Gasteiger partial charge < -0.3 is 20.1 Å². The number of aromatic carboxylic acids is 1. The molecule has 1 aromatic carbocycles. The predicted molar refractivity (Wildman–Crippen MR) is 61.0 cm³/mol. The van der Waals surface area contributed by atoms with Gasteiger partial charge in [-0.1, -0.05) is 12.1 Å². The highest BCUT2D eigenvalue weighted by molar-refractivity contribution is 5.87. The summed E-state index contributed by atoms with van der Waals surface area (Å²) in [5, 5.41) is 28.2. The highest BCUT2D eigenvalue weighted by Crippen LogP contribution is 2.20. The van der Waals surface area contributed by atoms with Gasteiger partial charge >= 0.3 is 11.9 Å². The average Bonchev–Trinajstić information content (AvgIpc) is 2.37. The molecule has 0 spiro atoms. The lowest BCUT2D eigenvalue weighted by atomic mass is 10.0. The second-order valence-electron chi connectivity index (χ2n) is 3.72. The Kier molecular flexibility index (Phi) is 4.82. The predicted octanol–water partition coefficient (Wildman–Crippen LogP) is 0.342. The summed E-state index contributed by atoms with van der Waals surface area (Å²) in [5.74, 6) is -1.79. The molecule has 0 radical (unpaired) electrons. The first-order valence-corrected chi connectivity index (χ1v) is 5.22. The fourth-order valence-corrected chi connectivity index (χ4v) is 1.44. The third-order valence-electron chi connectivity index (χ3n) is 2.44. The molecule has 3 N–H and O–H groups in total. The van der Waals surface area contributed by atoms with E-state index in [2.05, 4.69) is 4.74 Å². The molecule has 0 amide bonds. The van der Waals surface area contributed by atoms with Crippen LogP contribution in [-0.4, -0.2) is 40.5 Å². The van der Waals surface area contributed by atoms with Gasteiger partial charge in [0.1, 0.15) is 6.10 Å². The van der Waals surface area contributed by atoms with Gasteiger partial charge in [-0.25, -0.2) is 4.79 Å². The van der Waals surface area contributed by atoms with E-state index in [0.29, 0.717) is 0 Å². The minimum atomic E-state index is -1.35. The number of hydrogen-bond donors (Lipinski definition) is 3. The largest absolute Gasteiger partial charge is 0.478 e. The molecule has 0 saturated carbocycles. The van der Waals surface area contributed by atoms with Crippen molar-refractivity contribution in [1.82, 2.24) is 0 Å². The van der Waals surface area contributed by atoms with Crippen LogP contribution in [0.4, 0.5) is 0 Å². The Morgan fingerprint density at radius 2 is 2.00 bits per heavy atom. The van der Waals surface area contributed by atoms with Gasteiger partial charge in [0.25, 0.3) is 0 Å². The quantitative estimate of drug-likeness (QED) is 0.655. The van der Waals surface area contributed by atoms with Gasteiger partial charge in [-0.3, -0.25) is 4.79 Å². The topological polar surface area (TPSA) is 104 Å². The summed E-state index contributed by atoms with van der Waals surface area (Å²) in [4.78, 5) is 21.7. The molecule has 0 aliphatic heterocycles. The number of carbonyl (C=O) groups excluding carboxylic acids is 1. The van der Waals surface area contributed by atoms with E-state index in [0.717, 1.165) is 0 Å². The molecule has 0 bridgehead atoms. The summed E-state index contributed by atoms with van der Waals surface area (Å²) < 4.78 is 4.36. The van der Waals surface area contributed by atoms with E-state index in [1.165, 1.54) is 31.4 Å². The fraction of sp³-hybridized carbons (Fsp3) is 0.333. The Bertz CT molecular complexity index is 442. The number of benzene rings is 1. The SMILES string of the molecule is COC(=O)CC(O)C(O)c1cccc(C(=O)O)c1. The van der Waals surface area contributed by atoms with Crippen molar-refractivity contribution in [2.75, 3.05) is 7.11 Å². The van der Waals surface area contributed by atoms with Crippen LogP contribution >= 0.6 is 0 Å². The average molecular weight is 254 g/mol. The molecule has 0 aliphatic carbocycles. The van der Waals surface area contributed by atoms with Gasteiger partial charge in [0.2, 0.25) is 0 Å². The monoisotopic (exact) mass is 254 g/mol. The highest BCUT2D eigenvalue weighted by atomic mass is 16.5. The normalized spacial score (nSPS) is 13.7. The number of carbonyl (C=O) groups is 2. The van der Waals surface area contributed by atoms with Crippen molar-refractivity contribution in [2.45, 2.75) is 18.6 Å². The van der Waals surface area contributed by atoms with E-state index in [-0.39, 0.29) is 17.5 Å². The number of ether oxygens (including phenoxy) is 1. The first-order chi connectivity index (χ1) is 8.45. The summed E-state index contributed by atoms with van der Waals surface area (Å²) in [6, 6.07) is 5.53. The molecular formula is C12H14O6. The van der Waals surface area contributed by atoms with E-state index < -0.39 is 24.1 Å². The van der Waals surface area contributed by atoms with Crippen LogP contribution in [0.25, 0.3) is 0 Å². The van der Waals surface area contributed by atoms with Gasteiger partial charge in [0, 0.05) is 0 Å². The zero-order valence-corrected chi connectivity index (χ0v) is 9.74. The Balaban J connectivity index is 2.82. The van der Waals surface area contributed by atoms with Crippen LogP contribution in [0.5, 0.6) is 0 Å². The zero-order valence-electron chi connectivity index (χ0n) is 9.74. The number of rotatable bonds is 5. The first-order valence-electron chi connectivity index (χ1n) is 5.22. The van der Waals surface area contributed by atoms with E-state index >= 15 is 0 Å². The second kappa shape index (κ2) is 6.13. The number of aliphatic hydroxyl groups is 2. The number of methoxy groups -OCH3 is 1. The zero-order chi connectivity index (χ0) is 13.7.